The fraction of sp³-hybridized carbons (Fsp3) is 0. The molecule has 0 aliphatic heterocycles. The van der Waals surface area contributed by atoms with Crippen LogP contribution in [0.4, 0.5) is 0 Å². The lowest BCUT2D eigenvalue weighted by Crippen LogP contribution is -1.96. The minimum atomic E-state index is -0.0902. The molecule has 24 heavy (non-hydrogen) atoms. The van der Waals surface area contributed by atoms with Gasteiger partial charge in [-0.1, -0.05) is 54.6 Å². The van der Waals surface area contributed by atoms with Gasteiger partial charge in [-0.2, -0.15) is 0 Å². The lowest BCUT2D eigenvalue weighted by atomic mass is 9.96. The number of hydrogen-bond acceptors (Lipinski definition) is 2. The second kappa shape index (κ2) is 6.09. The van der Waals surface area contributed by atoms with Gasteiger partial charge in [0, 0.05) is 6.20 Å². The highest BCUT2D eigenvalue weighted by Gasteiger charge is 2.06. The van der Waals surface area contributed by atoms with Crippen molar-refractivity contribution < 1.29 is 4.79 Å². The quantitative estimate of drug-likeness (QED) is 0.292. The van der Waals surface area contributed by atoms with Gasteiger partial charge in [0.25, 0.3) is 0 Å². The largest absolute Gasteiger partial charge is 0.288 e. The molecule has 0 N–H and O–H groups in total. The standard InChI is InChI=1S/C22H15NO/c24-22(21-11-5-6-14-23-21)13-12-20-18-9-3-1-7-16(18)15-17-8-2-4-10-19(17)20/h1-15H. The van der Waals surface area contributed by atoms with Crippen LogP contribution in [0.25, 0.3) is 27.6 Å². The number of carbonyl (C=O) groups is 1. The third-order valence-corrected chi connectivity index (χ3v) is 4.13. The van der Waals surface area contributed by atoms with E-state index in [1.54, 1.807) is 24.4 Å². The van der Waals surface area contributed by atoms with E-state index < -0.39 is 0 Å². The van der Waals surface area contributed by atoms with Crippen molar-refractivity contribution in [1.29, 1.82) is 0 Å². The lowest BCUT2D eigenvalue weighted by molar-refractivity contribution is 0.104. The van der Waals surface area contributed by atoms with E-state index in [-0.39, 0.29) is 5.78 Å². The van der Waals surface area contributed by atoms with Gasteiger partial charge in [-0.3, -0.25) is 9.78 Å². The molecular weight excluding hydrogens is 294 g/mol. The molecule has 0 unspecified atom stereocenters. The van der Waals surface area contributed by atoms with Crippen molar-refractivity contribution >= 4 is 33.4 Å². The van der Waals surface area contributed by atoms with Gasteiger partial charge >= 0.3 is 0 Å². The highest BCUT2D eigenvalue weighted by Crippen LogP contribution is 2.29. The average molecular weight is 309 g/mol. The van der Waals surface area contributed by atoms with E-state index in [2.05, 4.69) is 35.3 Å². The minimum absolute atomic E-state index is 0.0902. The zero-order valence-corrected chi connectivity index (χ0v) is 13.0. The van der Waals surface area contributed by atoms with Crippen LogP contribution in [0.2, 0.25) is 0 Å². The average Bonchev–Trinajstić information content (AvgIpc) is 2.65. The summed E-state index contributed by atoms with van der Waals surface area (Å²) in [7, 11) is 0. The molecule has 3 aromatic carbocycles. The molecule has 0 spiro atoms. The number of ketones is 1. The summed E-state index contributed by atoms with van der Waals surface area (Å²) in [6, 6.07) is 24.0. The van der Waals surface area contributed by atoms with Gasteiger partial charge in [-0.05, 0) is 57.5 Å². The fourth-order valence-electron chi connectivity index (χ4n) is 2.98. The Balaban J connectivity index is 1.88. The lowest BCUT2D eigenvalue weighted by Gasteiger charge is -2.08. The van der Waals surface area contributed by atoms with Gasteiger partial charge in [-0.15, -0.1) is 0 Å². The van der Waals surface area contributed by atoms with Crippen molar-refractivity contribution in [2.24, 2.45) is 0 Å². The molecule has 4 rings (SSSR count). The van der Waals surface area contributed by atoms with E-state index in [0.29, 0.717) is 5.69 Å². The molecule has 0 radical (unpaired) electrons. The summed E-state index contributed by atoms with van der Waals surface area (Å²) in [5.74, 6) is -0.0902. The summed E-state index contributed by atoms with van der Waals surface area (Å²) in [6.07, 6.45) is 5.15. The Bertz CT molecular complexity index is 1010. The molecule has 0 saturated heterocycles. The van der Waals surface area contributed by atoms with Crippen LogP contribution in [0.15, 0.2) is 85.1 Å². The molecule has 0 atom stereocenters. The van der Waals surface area contributed by atoms with E-state index in [1.807, 2.05) is 36.4 Å². The number of allylic oxidation sites excluding steroid dienone is 1. The smallest absolute Gasteiger partial charge is 0.204 e. The highest BCUT2D eigenvalue weighted by molar-refractivity contribution is 6.11. The molecule has 0 fully saturated rings. The van der Waals surface area contributed by atoms with Gasteiger partial charge in [0.15, 0.2) is 0 Å². The number of aromatic nitrogens is 1. The number of hydrogen-bond donors (Lipinski definition) is 0. The molecule has 0 amide bonds. The van der Waals surface area contributed by atoms with Crippen LogP contribution < -0.4 is 0 Å². The monoisotopic (exact) mass is 309 g/mol. The SMILES string of the molecule is O=C(C=Cc1c2ccccc2cc2ccccc12)c1ccccn1. The summed E-state index contributed by atoms with van der Waals surface area (Å²) in [5.41, 5.74) is 1.52. The maximum atomic E-state index is 12.3. The van der Waals surface area contributed by atoms with Crippen molar-refractivity contribution in [2.45, 2.75) is 0 Å². The fourth-order valence-corrected chi connectivity index (χ4v) is 2.98. The van der Waals surface area contributed by atoms with Crippen LogP contribution in [0.5, 0.6) is 0 Å². The Morgan fingerprint density at radius 3 is 2.04 bits per heavy atom. The van der Waals surface area contributed by atoms with Crippen LogP contribution in [-0.4, -0.2) is 10.8 Å². The maximum absolute atomic E-state index is 12.3. The van der Waals surface area contributed by atoms with Gasteiger partial charge in [0.05, 0.1) is 0 Å². The van der Waals surface area contributed by atoms with E-state index in [9.17, 15) is 4.79 Å². The molecule has 0 aliphatic carbocycles. The second-order valence-corrected chi connectivity index (χ2v) is 5.65. The van der Waals surface area contributed by atoms with Crippen molar-refractivity contribution in [1.82, 2.24) is 4.98 Å². The second-order valence-electron chi connectivity index (χ2n) is 5.65. The van der Waals surface area contributed by atoms with E-state index in [4.69, 9.17) is 0 Å². The third kappa shape index (κ3) is 2.59. The highest BCUT2D eigenvalue weighted by atomic mass is 16.1. The number of rotatable bonds is 3. The van der Waals surface area contributed by atoms with Crippen molar-refractivity contribution in [3.8, 4) is 0 Å². The zero-order chi connectivity index (χ0) is 16.4. The van der Waals surface area contributed by atoms with E-state index in [0.717, 1.165) is 16.3 Å². The van der Waals surface area contributed by atoms with Crippen LogP contribution in [0, 0.1) is 0 Å². The van der Waals surface area contributed by atoms with E-state index in [1.165, 1.54) is 10.8 Å². The van der Waals surface area contributed by atoms with E-state index >= 15 is 0 Å². The normalized spacial score (nSPS) is 11.3. The van der Waals surface area contributed by atoms with Crippen molar-refractivity contribution in [3.63, 3.8) is 0 Å². The summed E-state index contributed by atoms with van der Waals surface area (Å²) in [5, 5.41) is 4.62. The number of carbonyl (C=O) groups excluding carboxylic acids is 1. The first-order valence-corrected chi connectivity index (χ1v) is 7.87. The summed E-state index contributed by atoms with van der Waals surface area (Å²) >= 11 is 0. The van der Waals surface area contributed by atoms with Crippen LogP contribution in [0.1, 0.15) is 16.1 Å². The Morgan fingerprint density at radius 2 is 1.42 bits per heavy atom. The molecule has 4 aromatic rings. The molecule has 2 heteroatoms. The summed E-state index contributed by atoms with van der Waals surface area (Å²) < 4.78 is 0. The first kappa shape index (κ1) is 14.3. The number of pyridine rings is 1. The third-order valence-electron chi connectivity index (χ3n) is 4.13. The Hall–Kier alpha value is -3.26. The number of benzene rings is 3. The molecular formula is C22H15NO. The maximum Gasteiger partial charge on any atom is 0.204 e. The van der Waals surface area contributed by atoms with Crippen LogP contribution >= 0.6 is 0 Å². The van der Waals surface area contributed by atoms with Crippen LogP contribution in [-0.2, 0) is 0 Å². The topological polar surface area (TPSA) is 30.0 Å². The Labute approximate surface area is 140 Å². The van der Waals surface area contributed by atoms with Gasteiger partial charge < -0.3 is 0 Å². The molecule has 1 heterocycles. The van der Waals surface area contributed by atoms with Crippen molar-refractivity contribution in [2.75, 3.05) is 0 Å². The Kier molecular flexibility index (Phi) is 3.64. The van der Waals surface area contributed by atoms with Gasteiger partial charge in [0.1, 0.15) is 5.69 Å². The summed E-state index contributed by atoms with van der Waals surface area (Å²) in [6.45, 7) is 0. The van der Waals surface area contributed by atoms with Gasteiger partial charge in [0.2, 0.25) is 5.78 Å². The Morgan fingerprint density at radius 1 is 0.792 bits per heavy atom. The molecule has 0 aliphatic rings. The molecule has 0 saturated carbocycles. The molecule has 0 bridgehead atoms. The molecule has 2 nitrogen and oxygen atoms in total. The number of nitrogens with zero attached hydrogens (tertiary/aromatic N) is 1. The van der Waals surface area contributed by atoms with Crippen molar-refractivity contribution in [3.05, 3.63) is 96.3 Å². The van der Waals surface area contributed by atoms with Crippen LogP contribution in [0.3, 0.4) is 0 Å². The summed E-state index contributed by atoms with van der Waals surface area (Å²) in [4.78, 5) is 16.5. The minimum Gasteiger partial charge on any atom is -0.288 e. The predicted molar refractivity (Wildman–Crippen MR) is 99.1 cm³/mol. The molecule has 1 aromatic heterocycles. The number of fused-ring (bicyclic) bond motifs is 2. The molecule has 114 valence electrons. The predicted octanol–water partition coefficient (Wildman–Crippen LogP) is 5.28. The zero-order valence-electron chi connectivity index (χ0n) is 13.0. The first-order valence-electron chi connectivity index (χ1n) is 7.87. The first-order chi connectivity index (χ1) is 11.8. The van der Waals surface area contributed by atoms with Gasteiger partial charge in [-0.25, -0.2) is 0 Å².